The molecule has 1 aliphatic rings. The van der Waals surface area contributed by atoms with Crippen LogP contribution in [0.15, 0.2) is 60.9 Å². The maximum absolute atomic E-state index is 12.5. The molecule has 1 aliphatic heterocycles. The SMILES string of the molecule is CC(Oc1ccc(C(=O)Nc2ccn(CC(=O)N3CCOCC3)n2)cn1)c1ccccc1. The highest BCUT2D eigenvalue weighted by Gasteiger charge is 2.18. The molecule has 3 aromatic rings. The van der Waals surface area contributed by atoms with Gasteiger partial charge in [0.05, 0.1) is 18.8 Å². The lowest BCUT2D eigenvalue weighted by molar-refractivity contribution is -0.136. The summed E-state index contributed by atoms with van der Waals surface area (Å²) in [6.07, 6.45) is 2.96. The summed E-state index contributed by atoms with van der Waals surface area (Å²) in [6.45, 7) is 4.33. The first-order valence-corrected chi connectivity index (χ1v) is 10.5. The standard InChI is InChI=1S/C23H25N5O4/c1-17(18-5-3-2-4-6-18)32-21-8-7-19(15-24-21)23(30)25-20-9-10-28(26-20)16-22(29)27-11-13-31-14-12-27/h2-10,15,17H,11-14,16H2,1H3,(H,25,26,30). The van der Waals surface area contributed by atoms with Crippen LogP contribution in [0.5, 0.6) is 5.88 Å². The van der Waals surface area contributed by atoms with Crippen LogP contribution in [0.1, 0.15) is 28.9 Å². The summed E-state index contributed by atoms with van der Waals surface area (Å²) in [7, 11) is 0. The molecule has 0 radical (unpaired) electrons. The number of ether oxygens (including phenoxy) is 2. The van der Waals surface area contributed by atoms with E-state index in [0.717, 1.165) is 5.56 Å². The summed E-state index contributed by atoms with van der Waals surface area (Å²) in [6, 6.07) is 14.8. The van der Waals surface area contributed by atoms with Crippen molar-refractivity contribution in [2.75, 3.05) is 31.6 Å². The van der Waals surface area contributed by atoms with Crippen LogP contribution in [0, 0.1) is 0 Å². The maximum Gasteiger partial charge on any atom is 0.258 e. The minimum Gasteiger partial charge on any atom is -0.470 e. The van der Waals surface area contributed by atoms with Gasteiger partial charge >= 0.3 is 0 Å². The van der Waals surface area contributed by atoms with Crippen molar-refractivity contribution in [1.82, 2.24) is 19.7 Å². The quantitative estimate of drug-likeness (QED) is 0.612. The third kappa shape index (κ3) is 5.50. The van der Waals surface area contributed by atoms with Crippen LogP contribution < -0.4 is 10.1 Å². The first-order valence-electron chi connectivity index (χ1n) is 10.5. The molecule has 0 saturated carbocycles. The molecule has 0 spiro atoms. The maximum atomic E-state index is 12.5. The van der Waals surface area contributed by atoms with E-state index >= 15 is 0 Å². The van der Waals surface area contributed by atoms with E-state index in [1.165, 1.54) is 10.9 Å². The lowest BCUT2D eigenvalue weighted by atomic mass is 10.1. The van der Waals surface area contributed by atoms with E-state index < -0.39 is 0 Å². The summed E-state index contributed by atoms with van der Waals surface area (Å²) >= 11 is 0. The third-order valence-electron chi connectivity index (χ3n) is 5.11. The number of aromatic nitrogens is 3. The number of hydrogen-bond donors (Lipinski definition) is 1. The Morgan fingerprint density at radius 2 is 1.91 bits per heavy atom. The zero-order valence-electron chi connectivity index (χ0n) is 17.8. The molecule has 9 heteroatoms. The highest BCUT2D eigenvalue weighted by molar-refractivity contribution is 6.03. The molecule has 32 heavy (non-hydrogen) atoms. The summed E-state index contributed by atoms with van der Waals surface area (Å²) in [4.78, 5) is 30.8. The molecule has 1 fully saturated rings. The highest BCUT2D eigenvalue weighted by atomic mass is 16.5. The van der Waals surface area contributed by atoms with Gasteiger partial charge in [0.25, 0.3) is 5.91 Å². The summed E-state index contributed by atoms with van der Waals surface area (Å²) < 4.78 is 12.6. The molecular weight excluding hydrogens is 410 g/mol. The fourth-order valence-corrected chi connectivity index (χ4v) is 3.31. The number of anilines is 1. The van der Waals surface area contributed by atoms with Crippen molar-refractivity contribution in [3.05, 3.63) is 72.1 Å². The van der Waals surface area contributed by atoms with Crippen LogP contribution in [-0.2, 0) is 16.1 Å². The van der Waals surface area contributed by atoms with E-state index in [1.54, 1.807) is 29.3 Å². The number of pyridine rings is 1. The van der Waals surface area contributed by atoms with Crippen molar-refractivity contribution in [3.63, 3.8) is 0 Å². The molecule has 1 saturated heterocycles. The van der Waals surface area contributed by atoms with Crippen LogP contribution >= 0.6 is 0 Å². The van der Waals surface area contributed by atoms with Gasteiger partial charge in [-0.05, 0) is 18.6 Å². The van der Waals surface area contributed by atoms with Crippen molar-refractivity contribution >= 4 is 17.6 Å². The van der Waals surface area contributed by atoms with E-state index in [0.29, 0.717) is 43.6 Å². The topological polar surface area (TPSA) is 98.6 Å². The highest BCUT2D eigenvalue weighted by Crippen LogP contribution is 2.20. The number of rotatable bonds is 7. The summed E-state index contributed by atoms with van der Waals surface area (Å²) in [5, 5.41) is 6.98. The molecular formula is C23H25N5O4. The average Bonchev–Trinajstić information content (AvgIpc) is 3.27. The first-order chi connectivity index (χ1) is 15.6. The summed E-state index contributed by atoms with van der Waals surface area (Å²) in [5.74, 6) is 0.426. The molecule has 0 aliphatic carbocycles. The molecule has 166 valence electrons. The second kappa shape index (κ2) is 10.1. The van der Waals surface area contributed by atoms with Gasteiger partial charge < -0.3 is 19.7 Å². The molecule has 1 N–H and O–H groups in total. The zero-order valence-corrected chi connectivity index (χ0v) is 17.8. The Kier molecular flexibility index (Phi) is 6.76. The van der Waals surface area contributed by atoms with E-state index in [4.69, 9.17) is 9.47 Å². The van der Waals surface area contributed by atoms with Crippen molar-refractivity contribution in [2.24, 2.45) is 0 Å². The van der Waals surface area contributed by atoms with Crippen molar-refractivity contribution in [2.45, 2.75) is 19.6 Å². The Balaban J connectivity index is 1.30. The third-order valence-corrected chi connectivity index (χ3v) is 5.11. The van der Waals surface area contributed by atoms with Gasteiger partial charge in [-0.1, -0.05) is 30.3 Å². The molecule has 4 rings (SSSR count). The largest absolute Gasteiger partial charge is 0.470 e. The molecule has 3 heterocycles. The van der Waals surface area contributed by atoms with Crippen molar-refractivity contribution in [1.29, 1.82) is 0 Å². The monoisotopic (exact) mass is 435 g/mol. The number of nitrogens with zero attached hydrogens (tertiary/aromatic N) is 4. The Bertz CT molecular complexity index is 1050. The van der Waals surface area contributed by atoms with Crippen molar-refractivity contribution in [3.8, 4) is 5.88 Å². The van der Waals surface area contributed by atoms with E-state index in [2.05, 4.69) is 15.4 Å². The Hall–Kier alpha value is -3.72. The number of morpholine rings is 1. The van der Waals surface area contributed by atoms with Gasteiger partial charge in [-0.2, -0.15) is 5.10 Å². The van der Waals surface area contributed by atoms with Gasteiger partial charge in [-0.25, -0.2) is 4.98 Å². The number of benzene rings is 1. The molecule has 0 bridgehead atoms. The van der Waals surface area contributed by atoms with Gasteiger partial charge in [0.2, 0.25) is 11.8 Å². The van der Waals surface area contributed by atoms with Gasteiger partial charge in [-0.15, -0.1) is 0 Å². The van der Waals surface area contributed by atoms with Gasteiger partial charge in [0, 0.05) is 37.6 Å². The average molecular weight is 435 g/mol. The Morgan fingerprint density at radius 1 is 1.12 bits per heavy atom. The number of nitrogens with one attached hydrogen (secondary N) is 1. The smallest absolute Gasteiger partial charge is 0.258 e. The predicted molar refractivity (Wildman–Crippen MR) is 117 cm³/mol. The Morgan fingerprint density at radius 3 is 2.62 bits per heavy atom. The van der Waals surface area contributed by atoms with Crippen LogP contribution in [0.2, 0.25) is 0 Å². The second-order valence-corrected chi connectivity index (χ2v) is 7.40. The predicted octanol–water partition coefficient (Wildman–Crippen LogP) is 2.53. The molecule has 1 atom stereocenters. The van der Waals surface area contributed by atoms with E-state index in [-0.39, 0.29) is 24.5 Å². The fourth-order valence-electron chi connectivity index (χ4n) is 3.31. The lowest BCUT2D eigenvalue weighted by Crippen LogP contribution is -2.42. The van der Waals surface area contributed by atoms with E-state index in [1.807, 2.05) is 37.3 Å². The minimum absolute atomic E-state index is 0.0289. The van der Waals surface area contributed by atoms with Crippen LogP contribution in [0.3, 0.4) is 0 Å². The van der Waals surface area contributed by atoms with Gasteiger partial charge in [0.15, 0.2) is 5.82 Å². The van der Waals surface area contributed by atoms with Crippen LogP contribution in [-0.4, -0.2) is 57.8 Å². The Labute approximate surface area is 186 Å². The molecule has 1 aromatic carbocycles. The van der Waals surface area contributed by atoms with Crippen molar-refractivity contribution < 1.29 is 19.1 Å². The number of hydrogen-bond acceptors (Lipinski definition) is 6. The molecule has 2 aromatic heterocycles. The number of carbonyl (C=O) groups excluding carboxylic acids is 2. The number of carbonyl (C=O) groups is 2. The first kappa shape index (κ1) is 21.5. The molecule has 2 amide bonds. The molecule has 9 nitrogen and oxygen atoms in total. The van der Waals surface area contributed by atoms with Crippen LogP contribution in [0.25, 0.3) is 0 Å². The second-order valence-electron chi connectivity index (χ2n) is 7.40. The van der Waals surface area contributed by atoms with Crippen LogP contribution in [0.4, 0.5) is 5.82 Å². The lowest BCUT2D eigenvalue weighted by Gasteiger charge is -2.26. The van der Waals surface area contributed by atoms with Gasteiger partial charge in [0.1, 0.15) is 12.6 Å². The fraction of sp³-hybridized carbons (Fsp3) is 0.304. The minimum atomic E-state index is -0.343. The van der Waals surface area contributed by atoms with Gasteiger partial charge in [-0.3, -0.25) is 14.3 Å². The normalized spacial score (nSPS) is 14.6. The zero-order chi connectivity index (χ0) is 22.3. The number of amides is 2. The molecule has 1 unspecified atom stereocenters. The summed E-state index contributed by atoms with van der Waals surface area (Å²) in [5.41, 5.74) is 1.42. The van der Waals surface area contributed by atoms with E-state index in [9.17, 15) is 9.59 Å².